The number of nitrogens with one attached hydrogen (secondary N) is 1. The van der Waals surface area contributed by atoms with Crippen LogP contribution in [0, 0.1) is 0 Å². The van der Waals surface area contributed by atoms with Gasteiger partial charge in [-0.2, -0.15) is 0 Å². The van der Waals surface area contributed by atoms with Crippen molar-refractivity contribution in [2.24, 2.45) is 0 Å². The van der Waals surface area contributed by atoms with Crippen molar-refractivity contribution in [3.8, 4) is 17.1 Å². The molecule has 0 atom stereocenters. The molecule has 8 nitrogen and oxygen atoms in total. The van der Waals surface area contributed by atoms with Crippen molar-refractivity contribution in [3.63, 3.8) is 0 Å². The van der Waals surface area contributed by atoms with Gasteiger partial charge in [0, 0.05) is 18.2 Å². The number of hydrogen-bond acceptors (Lipinski definition) is 5. The van der Waals surface area contributed by atoms with E-state index in [-0.39, 0.29) is 29.7 Å². The van der Waals surface area contributed by atoms with Crippen LogP contribution in [0.15, 0.2) is 64.3 Å². The smallest absolute Gasteiger partial charge is 0.346 e. The molecule has 1 N–H and O–H groups in total. The van der Waals surface area contributed by atoms with Gasteiger partial charge in [0.2, 0.25) is 10.0 Å². The van der Waals surface area contributed by atoms with Gasteiger partial charge in [-0.05, 0) is 37.1 Å². The molecule has 1 heterocycles. The lowest BCUT2D eigenvalue weighted by atomic mass is 10.2. The molecule has 0 saturated heterocycles. The lowest BCUT2D eigenvalue weighted by Crippen LogP contribution is -2.32. The number of hydrogen-bond donors (Lipinski definition) is 1. The van der Waals surface area contributed by atoms with Gasteiger partial charge in [0.25, 0.3) is 0 Å². The summed E-state index contributed by atoms with van der Waals surface area (Å²) in [6.07, 6.45) is 1.91. The summed E-state index contributed by atoms with van der Waals surface area (Å²) in [4.78, 5) is 13.0. The molecular formula is C20H22N4O4S. The molecule has 9 heteroatoms. The molecule has 2 aromatic carbocycles. The molecule has 1 aromatic heterocycles. The van der Waals surface area contributed by atoms with Crippen molar-refractivity contribution in [1.82, 2.24) is 19.1 Å². The molecule has 1 saturated carbocycles. The Morgan fingerprint density at radius 3 is 2.41 bits per heavy atom. The molecule has 29 heavy (non-hydrogen) atoms. The van der Waals surface area contributed by atoms with Crippen LogP contribution in [0.3, 0.4) is 0 Å². The molecule has 152 valence electrons. The van der Waals surface area contributed by atoms with Crippen LogP contribution in [0.5, 0.6) is 5.75 Å². The van der Waals surface area contributed by atoms with E-state index >= 15 is 0 Å². The van der Waals surface area contributed by atoms with E-state index in [0.717, 1.165) is 18.4 Å². The Bertz CT molecular complexity index is 1150. The van der Waals surface area contributed by atoms with Crippen LogP contribution in [0.25, 0.3) is 11.4 Å². The van der Waals surface area contributed by atoms with E-state index in [1.54, 1.807) is 16.7 Å². The lowest BCUT2D eigenvalue weighted by Gasteiger charge is -2.07. The third kappa shape index (κ3) is 4.10. The number of ether oxygens (including phenoxy) is 1. The average Bonchev–Trinajstić information content (AvgIpc) is 3.52. The summed E-state index contributed by atoms with van der Waals surface area (Å²) in [5, 5.41) is 4.47. The van der Waals surface area contributed by atoms with Gasteiger partial charge in [-0.15, -0.1) is 5.10 Å². The molecule has 0 spiro atoms. The minimum Gasteiger partial charge on any atom is -0.497 e. The summed E-state index contributed by atoms with van der Waals surface area (Å²) in [6, 6.07) is 15.8. The first-order valence-electron chi connectivity index (χ1n) is 9.38. The van der Waals surface area contributed by atoms with E-state index in [1.165, 1.54) is 23.9 Å². The fourth-order valence-corrected chi connectivity index (χ4v) is 4.16. The number of sulfonamides is 1. The minimum absolute atomic E-state index is 0.0597. The highest BCUT2D eigenvalue weighted by Gasteiger charge is 2.30. The van der Waals surface area contributed by atoms with E-state index in [0.29, 0.717) is 11.6 Å². The third-order valence-electron chi connectivity index (χ3n) is 4.80. The van der Waals surface area contributed by atoms with Crippen molar-refractivity contribution >= 4 is 10.0 Å². The maximum Gasteiger partial charge on any atom is 0.346 e. The summed E-state index contributed by atoms with van der Waals surface area (Å²) in [5.74, 6) is 1.20. The van der Waals surface area contributed by atoms with Gasteiger partial charge in [0.1, 0.15) is 5.75 Å². The van der Waals surface area contributed by atoms with E-state index in [1.807, 2.05) is 30.3 Å². The van der Waals surface area contributed by atoms with Gasteiger partial charge < -0.3 is 4.74 Å². The van der Waals surface area contributed by atoms with E-state index in [4.69, 9.17) is 4.74 Å². The number of methoxy groups -OCH3 is 1. The molecule has 4 rings (SSSR count). The van der Waals surface area contributed by atoms with E-state index in [2.05, 4.69) is 9.82 Å². The molecule has 0 amide bonds. The second kappa shape index (κ2) is 7.84. The normalized spacial score (nSPS) is 14.1. The minimum atomic E-state index is -3.68. The third-order valence-corrected chi connectivity index (χ3v) is 6.28. The molecule has 1 aliphatic rings. The Morgan fingerprint density at radius 2 is 1.79 bits per heavy atom. The van der Waals surface area contributed by atoms with Crippen molar-refractivity contribution in [2.45, 2.75) is 30.3 Å². The zero-order chi connectivity index (χ0) is 20.4. The van der Waals surface area contributed by atoms with Crippen LogP contribution in [0.2, 0.25) is 0 Å². The summed E-state index contributed by atoms with van der Waals surface area (Å²) < 4.78 is 35.5. The number of benzene rings is 2. The molecule has 1 aliphatic carbocycles. The van der Waals surface area contributed by atoms with Gasteiger partial charge in [-0.25, -0.2) is 22.6 Å². The predicted molar refractivity (Wildman–Crippen MR) is 108 cm³/mol. The van der Waals surface area contributed by atoms with Crippen LogP contribution in [-0.4, -0.2) is 36.4 Å². The van der Waals surface area contributed by atoms with Gasteiger partial charge in [0.05, 0.1) is 18.6 Å². The first-order chi connectivity index (χ1) is 14.0. The maximum atomic E-state index is 12.8. The summed E-state index contributed by atoms with van der Waals surface area (Å²) >= 11 is 0. The maximum absolute atomic E-state index is 12.8. The van der Waals surface area contributed by atoms with E-state index in [9.17, 15) is 13.2 Å². The molecule has 0 bridgehead atoms. The van der Waals surface area contributed by atoms with Crippen molar-refractivity contribution < 1.29 is 13.2 Å². The fourth-order valence-electron chi connectivity index (χ4n) is 3.14. The van der Waals surface area contributed by atoms with Crippen molar-refractivity contribution in [2.75, 3.05) is 13.7 Å². The standard InChI is InChI=1S/C20H22N4O4S/c1-28-17-9-11-18(12-10-17)29(26,27)21-13-14-23-20(25)24(16-7-8-16)19(22-23)15-5-3-2-4-6-15/h2-6,9-12,16,21H,7-8,13-14H2,1H3. The molecule has 0 unspecified atom stereocenters. The van der Waals surface area contributed by atoms with Crippen molar-refractivity contribution in [1.29, 1.82) is 0 Å². The van der Waals surface area contributed by atoms with Gasteiger partial charge >= 0.3 is 5.69 Å². The summed E-state index contributed by atoms with van der Waals surface area (Å²) in [7, 11) is -2.17. The first-order valence-corrected chi connectivity index (χ1v) is 10.9. The van der Waals surface area contributed by atoms with Crippen LogP contribution >= 0.6 is 0 Å². The highest BCUT2D eigenvalue weighted by atomic mass is 32.2. The molecular weight excluding hydrogens is 392 g/mol. The zero-order valence-corrected chi connectivity index (χ0v) is 16.8. The number of aromatic nitrogens is 3. The molecule has 0 radical (unpaired) electrons. The lowest BCUT2D eigenvalue weighted by molar-refractivity contribution is 0.414. The van der Waals surface area contributed by atoms with E-state index < -0.39 is 10.0 Å². The van der Waals surface area contributed by atoms with Crippen LogP contribution in [0.1, 0.15) is 18.9 Å². The van der Waals surface area contributed by atoms with Crippen LogP contribution in [-0.2, 0) is 16.6 Å². The Kier molecular flexibility index (Phi) is 5.25. The predicted octanol–water partition coefficient (Wildman–Crippen LogP) is 2.03. The Hall–Kier alpha value is -2.91. The molecule has 3 aromatic rings. The molecule has 0 aliphatic heterocycles. The first kappa shape index (κ1) is 19.4. The quantitative estimate of drug-likeness (QED) is 0.609. The second-order valence-corrected chi connectivity index (χ2v) is 8.64. The van der Waals surface area contributed by atoms with Crippen LogP contribution in [0.4, 0.5) is 0 Å². The Morgan fingerprint density at radius 1 is 1.10 bits per heavy atom. The van der Waals surface area contributed by atoms with Crippen LogP contribution < -0.4 is 15.1 Å². The SMILES string of the molecule is COc1ccc(S(=O)(=O)NCCn2nc(-c3ccccc3)n(C3CC3)c2=O)cc1. The zero-order valence-electron chi connectivity index (χ0n) is 16.0. The topological polar surface area (TPSA) is 95.2 Å². The Labute approximate surface area is 168 Å². The monoisotopic (exact) mass is 414 g/mol. The average molecular weight is 414 g/mol. The highest BCUT2D eigenvalue weighted by molar-refractivity contribution is 7.89. The second-order valence-electron chi connectivity index (χ2n) is 6.87. The van der Waals surface area contributed by atoms with Gasteiger partial charge in [-0.1, -0.05) is 30.3 Å². The molecule has 1 fully saturated rings. The summed E-state index contributed by atoms with van der Waals surface area (Å²) in [5.41, 5.74) is 0.657. The fraction of sp³-hybridized carbons (Fsp3) is 0.300. The van der Waals surface area contributed by atoms with Crippen molar-refractivity contribution in [3.05, 3.63) is 65.1 Å². The summed E-state index contributed by atoms with van der Waals surface area (Å²) in [6.45, 7) is 0.206. The number of rotatable bonds is 8. The van der Waals surface area contributed by atoms with Gasteiger partial charge in [0.15, 0.2) is 5.82 Å². The number of nitrogens with zero attached hydrogens (tertiary/aromatic N) is 3. The highest BCUT2D eigenvalue weighted by Crippen LogP contribution is 2.36. The largest absolute Gasteiger partial charge is 0.497 e. The van der Waals surface area contributed by atoms with Gasteiger partial charge in [-0.3, -0.25) is 4.57 Å². The Balaban J connectivity index is 1.51.